The molecule has 0 atom stereocenters. The maximum Gasteiger partial charge on any atom is 0.120 e. The van der Waals surface area contributed by atoms with Gasteiger partial charge in [-0.1, -0.05) is 36.1 Å². The Balaban J connectivity index is 1.78. The molecule has 21 heavy (non-hydrogen) atoms. The topological polar surface area (TPSA) is 29.5 Å². The number of aliphatic hydroxyl groups is 1. The Kier molecular flexibility index (Phi) is 6.73. The molecule has 0 amide bonds. The lowest BCUT2D eigenvalue weighted by atomic mass is 10.2. The Labute approximate surface area is 130 Å². The second-order valence-electron chi connectivity index (χ2n) is 4.31. The van der Waals surface area contributed by atoms with Crippen LogP contribution in [0.5, 0.6) is 5.75 Å². The minimum Gasteiger partial charge on any atom is -0.493 e. The summed E-state index contributed by atoms with van der Waals surface area (Å²) in [6.07, 6.45) is 0.499. The molecule has 0 heterocycles. The molecule has 2 aromatic carbocycles. The van der Waals surface area contributed by atoms with Gasteiger partial charge in [-0.3, -0.25) is 0 Å². The van der Waals surface area contributed by atoms with Crippen LogP contribution in [0.25, 0.3) is 0 Å². The molecular formula is C18H18O2S. The third-order valence-electron chi connectivity index (χ3n) is 2.67. The molecule has 0 aliphatic heterocycles. The molecule has 0 spiro atoms. The van der Waals surface area contributed by atoms with Gasteiger partial charge in [-0.2, -0.15) is 0 Å². The van der Waals surface area contributed by atoms with Gasteiger partial charge in [0.05, 0.1) is 13.2 Å². The number of ether oxygens (including phenoxy) is 1. The highest BCUT2D eigenvalue weighted by Crippen LogP contribution is 2.18. The number of thioether (sulfide) groups is 1. The molecule has 2 rings (SSSR count). The van der Waals surface area contributed by atoms with Gasteiger partial charge in [0.1, 0.15) is 5.75 Å². The lowest BCUT2D eigenvalue weighted by Gasteiger charge is -2.06. The van der Waals surface area contributed by atoms with Crippen LogP contribution in [0.2, 0.25) is 0 Å². The standard InChI is InChI=1S/C18H18O2S/c19-12-5-4-7-16-8-6-9-17(15-16)20-13-14-21-18-10-2-1-3-11-18/h1-3,6,8-11,15,19H,5,12-14H2. The average molecular weight is 298 g/mol. The quantitative estimate of drug-likeness (QED) is 0.502. The molecule has 3 heteroatoms. The van der Waals surface area contributed by atoms with Gasteiger partial charge in [0, 0.05) is 22.6 Å². The summed E-state index contributed by atoms with van der Waals surface area (Å²) in [5, 5.41) is 8.71. The van der Waals surface area contributed by atoms with Crippen LogP contribution in [0.15, 0.2) is 59.5 Å². The second kappa shape index (κ2) is 9.12. The van der Waals surface area contributed by atoms with Gasteiger partial charge in [-0.15, -0.1) is 11.8 Å². The van der Waals surface area contributed by atoms with Crippen LogP contribution in [0.4, 0.5) is 0 Å². The van der Waals surface area contributed by atoms with Crippen LogP contribution >= 0.6 is 11.8 Å². The van der Waals surface area contributed by atoms with Gasteiger partial charge in [0.2, 0.25) is 0 Å². The minimum absolute atomic E-state index is 0.0971. The summed E-state index contributed by atoms with van der Waals surface area (Å²) in [5.41, 5.74) is 0.914. The van der Waals surface area contributed by atoms with Crippen molar-refractivity contribution in [3.05, 3.63) is 60.2 Å². The van der Waals surface area contributed by atoms with Gasteiger partial charge in [0.15, 0.2) is 0 Å². The molecule has 0 saturated carbocycles. The zero-order chi connectivity index (χ0) is 14.8. The van der Waals surface area contributed by atoms with Crippen molar-refractivity contribution in [3.63, 3.8) is 0 Å². The van der Waals surface area contributed by atoms with Crippen LogP contribution in [-0.4, -0.2) is 24.1 Å². The van der Waals surface area contributed by atoms with E-state index in [1.165, 1.54) is 4.90 Å². The zero-order valence-electron chi connectivity index (χ0n) is 11.8. The first kappa shape index (κ1) is 15.5. The molecule has 1 N–H and O–H groups in total. The van der Waals surface area contributed by atoms with Crippen LogP contribution < -0.4 is 4.74 Å². The van der Waals surface area contributed by atoms with E-state index in [-0.39, 0.29) is 6.61 Å². The number of hydrogen-bond donors (Lipinski definition) is 1. The molecule has 0 aliphatic rings. The van der Waals surface area contributed by atoms with E-state index in [1.54, 1.807) is 11.8 Å². The van der Waals surface area contributed by atoms with Crippen molar-refractivity contribution in [2.45, 2.75) is 11.3 Å². The van der Waals surface area contributed by atoms with E-state index in [1.807, 2.05) is 42.5 Å². The van der Waals surface area contributed by atoms with Crippen molar-refractivity contribution in [1.29, 1.82) is 0 Å². The predicted octanol–water partition coefficient (Wildman–Crippen LogP) is 3.59. The molecular weight excluding hydrogens is 280 g/mol. The Morgan fingerprint density at radius 1 is 1.05 bits per heavy atom. The van der Waals surface area contributed by atoms with Crippen molar-refractivity contribution in [2.24, 2.45) is 0 Å². The first-order valence-electron chi connectivity index (χ1n) is 6.89. The summed E-state index contributed by atoms with van der Waals surface area (Å²) in [4.78, 5) is 1.25. The highest BCUT2D eigenvalue weighted by molar-refractivity contribution is 7.99. The van der Waals surface area contributed by atoms with Crippen molar-refractivity contribution in [3.8, 4) is 17.6 Å². The van der Waals surface area contributed by atoms with E-state index >= 15 is 0 Å². The maximum atomic E-state index is 8.71. The van der Waals surface area contributed by atoms with Gasteiger partial charge >= 0.3 is 0 Å². The Hall–Kier alpha value is -1.89. The fourth-order valence-electron chi connectivity index (χ4n) is 1.72. The van der Waals surface area contributed by atoms with E-state index in [0.29, 0.717) is 13.0 Å². The molecule has 0 fully saturated rings. The fourth-order valence-corrected chi connectivity index (χ4v) is 2.47. The molecule has 0 unspecified atom stereocenters. The fraction of sp³-hybridized carbons (Fsp3) is 0.222. The molecule has 0 saturated heterocycles. The highest BCUT2D eigenvalue weighted by Gasteiger charge is 1.96. The summed E-state index contributed by atoms with van der Waals surface area (Å²) >= 11 is 1.78. The van der Waals surface area contributed by atoms with E-state index in [0.717, 1.165) is 17.1 Å². The molecule has 0 bridgehead atoms. The smallest absolute Gasteiger partial charge is 0.120 e. The van der Waals surface area contributed by atoms with Crippen LogP contribution in [-0.2, 0) is 0 Å². The maximum absolute atomic E-state index is 8.71. The van der Waals surface area contributed by atoms with Gasteiger partial charge < -0.3 is 9.84 Å². The van der Waals surface area contributed by atoms with Crippen LogP contribution in [0, 0.1) is 11.8 Å². The van der Waals surface area contributed by atoms with E-state index in [9.17, 15) is 0 Å². The van der Waals surface area contributed by atoms with Gasteiger partial charge in [-0.25, -0.2) is 0 Å². The lowest BCUT2D eigenvalue weighted by Crippen LogP contribution is -2.00. The number of benzene rings is 2. The monoisotopic (exact) mass is 298 g/mol. The lowest BCUT2D eigenvalue weighted by molar-refractivity contribution is 0.305. The largest absolute Gasteiger partial charge is 0.493 e. The second-order valence-corrected chi connectivity index (χ2v) is 5.48. The van der Waals surface area contributed by atoms with Gasteiger partial charge in [-0.05, 0) is 30.3 Å². The summed E-state index contributed by atoms with van der Waals surface area (Å²) in [6, 6.07) is 18.0. The van der Waals surface area contributed by atoms with Crippen molar-refractivity contribution < 1.29 is 9.84 Å². The van der Waals surface area contributed by atoms with Gasteiger partial charge in [0.25, 0.3) is 0 Å². The van der Waals surface area contributed by atoms with Crippen LogP contribution in [0.1, 0.15) is 12.0 Å². The van der Waals surface area contributed by atoms with E-state index in [2.05, 4.69) is 24.0 Å². The molecule has 0 aromatic heterocycles. The minimum atomic E-state index is 0.0971. The zero-order valence-corrected chi connectivity index (χ0v) is 12.6. The normalized spacial score (nSPS) is 9.76. The highest BCUT2D eigenvalue weighted by atomic mass is 32.2. The Morgan fingerprint density at radius 2 is 1.90 bits per heavy atom. The third-order valence-corrected chi connectivity index (χ3v) is 3.64. The van der Waals surface area contributed by atoms with Crippen molar-refractivity contribution >= 4 is 11.8 Å². The Morgan fingerprint density at radius 3 is 2.71 bits per heavy atom. The van der Waals surface area contributed by atoms with E-state index < -0.39 is 0 Å². The molecule has 0 aliphatic carbocycles. The summed E-state index contributed by atoms with van der Waals surface area (Å²) in [5.74, 6) is 7.65. The number of aliphatic hydroxyl groups excluding tert-OH is 1. The van der Waals surface area contributed by atoms with E-state index in [4.69, 9.17) is 9.84 Å². The molecule has 2 aromatic rings. The molecule has 108 valence electrons. The summed E-state index contributed by atoms with van der Waals surface area (Å²) in [7, 11) is 0. The summed E-state index contributed by atoms with van der Waals surface area (Å²) in [6.45, 7) is 0.757. The third kappa shape index (κ3) is 5.95. The van der Waals surface area contributed by atoms with Crippen LogP contribution in [0.3, 0.4) is 0 Å². The number of hydrogen-bond acceptors (Lipinski definition) is 3. The average Bonchev–Trinajstić information content (AvgIpc) is 2.53. The summed E-state index contributed by atoms with van der Waals surface area (Å²) < 4.78 is 5.74. The first-order chi connectivity index (χ1) is 10.4. The van der Waals surface area contributed by atoms with Crippen molar-refractivity contribution in [2.75, 3.05) is 19.0 Å². The molecule has 2 nitrogen and oxygen atoms in total. The predicted molar refractivity (Wildman–Crippen MR) is 87.7 cm³/mol. The molecule has 0 radical (unpaired) electrons. The Bertz CT molecular complexity index is 599. The van der Waals surface area contributed by atoms with Crippen molar-refractivity contribution in [1.82, 2.24) is 0 Å². The SMILES string of the molecule is OCCC#Cc1cccc(OCCSc2ccccc2)c1. The number of rotatable bonds is 6. The first-order valence-corrected chi connectivity index (χ1v) is 7.87.